The Morgan fingerprint density at radius 1 is 1.00 bits per heavy atom. The maximum atomic E-state index is 13.1. The molecule has 0 aliphatic carbocycles. The highest BCUT2D eigenvalue weighted by Gasteiger charge is 2.12. The third-order valence-corrected chi connectivity index (χ3v) is 5.23. The summed E-state index contributed by atoms with van der Waals surface area (Å²) in [6.07, 6.45) is 1.67. The lowest BCUT2D eigenvalue weighted by Gasteiger charge is -2.09. The van der Waals surface area contributed by atoms with Crippen molar-refractivity contribution in [3.05, 3.63) is 96.8 Å². The highest BCUT2D eigenvalue weighted by molar-refractivity contribution is 14.1. The molecule has 0 atom stereocenters. The van der Waals surface area contributed by atoms with Gasteiger partial charge in [-0.1, -0.05) is 58.4 Å². The van der Waals surface area contributed by atoms with Gasteiger partial charge in [0.25, 0.3) is 5.56 Å². The van der Waals surface area contributed by atoms with Gasteiger partial charge in [-0.05, 0) is 58.5 Å². The van der Waals surface area contributed by atoms with Crippen molar-refractivity contribution >= 4 is 55.6 Å². The summed E-state index contributed by atoms with van der Waals surface area (Å²) < 4.78 is 3.34. The predicted octanol–water partition coefficient (Wildman–Crippen LogP) is 5.31. The summed E-state index contributed by atoms with van der Waals surface area (Å²) in [7, 11) is 0. The highest BCUT2D eigenvalue weighted by atomic mass is 127. The van der Waals surface area contributed by atoms with Crippen LogP contribution in [-0.4, -0.2) is 15.9 Å². The van der Waals surface area contributed by atoms with Gasteiger partial charge in [-0.25, -0.2) is 4.98 Å². The minimum absolute atomic E-state index is 0.189. The fraction of sp³-hybridized carbons (Fsp3) is 0. The molecule has 0 spiro atoms. The number of hydrogen-bond donors (Lipinski definition) is 0. The van der Waals surface area contributed by atoms with Crippen LogP contribution in [0, 0.1) is 3.57 Å². The first-order valence-corrected chi connectivity index (χ1v) is 10.1. The summed E-state index contributed by atoms with van der Waals surface area (Å²) in [6, 6.07) is 23.0. The molecular formula is C21H13BrIN3O. The van der Waals surface area contributed by atoms with Crippen molar-refractivity contribution < 1.29 is 0 Å². The van der Waals surface area contributed by atoms with E-state index in [1.807, 2.05) is 72.8 Å². The van der Waals surface area contributed by atoms with Crippen LogP contribution in [0.15, 0.2) is 87.2 Å². The maximum Gasteiger partial charge on any atom is 0.282 e. The second kappa shape index (κ2) is 7.74. The first-order chi connectivity index (χ1) is 13.1. The van der Waals surface area contributed by atoms with Crippen molar-refractivity contribution in [2.24, 2.45) is 5.10 Å². The molecule has 132 valence electrons. The normalized spacial score (nSPS) is 11.3. The van der Waals surface area contributed by atoms with Crippen molar-refractivity contribution in [1.29, 1.82) is 0 Å². The molecule has 4 aromatic rings. The van der Waals surface area contributed by atoms with Crippen LogP contribution in [0.5, 0.6) is 0 Å². The summed E-state index contributed by atoms with van der Waals surface area (Å²) in [6.45, 7) is 0. The van der Waals surface area contributed by atoms with E-state index in [-0.39, 0.29) is 5.56 Å². The van der Waals surface area contributed by atoms with E-state index in [1.54, 1.807) is 6.21 Å². The van der Waals surface area contributed by atoms with Crippen molar-refractivity contribution in [2.75, 3.05) is 0 Å². The second-order valence-corrected chi connectivity index (χ2v) is 8.04. The first-order valence-electron chi connectivity index (χ1n) is 8.19. The molecule has 27 heavy (non-hydrogen) atoms. The molecule has 4 rings (SSSR count). The molecule has 4 nitrogen and oxygen atoms in total. The van der Waals surface area contributed by atoms with E-state index in [0.29, 0.717) is 16.7 Å². The van der Waals surface area contributed by atoms with E-state index >= 15 is 0 Å². The number of rotatable bonds is 3. The molecule has 1 heterocycles. The zero-order valence-electron chi connectivity index (χ0n) is 14.0. The van der Waals surface area contributed by atoms with Crippen LogP contribution < -0.4 is 5.56 Å². The Kier molecular flexibility index (Phi) is 5.18. The molecule has 0 aliphatic heterocycles. The minimum Gasteiger partial charge on any atom is -0.267 e. The van der Waals surface area contributed by atoms with Crippen LogP contribution in [0.3, 0.4) is 0 Å². The Labute approximate surface area is 177 Å². The molecule has 0 bridgehead atoms. The second-order valence-electron chi connectivity index (χ2n) is 5.88. The Balaban J connectivity index is 1.94. The van der Waals surface area contributed by atoms with Gasteiger partial charge in [-0.3, -0.25) is 4.79 Å². The van der Waals surface area contributed by atoms with E-state index in [4.69, 9.17) is 4.98 Å². The Bertz CT molecular complexity index is 1200. The smallest absolute Gasteiger partial charge is 0.267 e. The fourth-order valence-corrected chi connectivity index (χ4v) is 3.46. The molecule has 6 heteroatoms. The van der Waals surface area contributed by atoms with Crippen molar-refractivity contribution in [3.63, 3.8) is 0 Å². The zero-order valence-corrected chi connectivity index (χ0v) is 17.8. The quantitative estimate of drug-likeness (QED) is 0.266. The number of halogens is 2. The maximum absolute atomic E-state index is 13.1. The van der Waals surface area contributed by atoms with Gasteiger partial charge in [0, 0.05) is 13.6 Å². The molecule has 0 amide bonds. The molecule has 0 saturated carbocycles. The van der Waals surface area contributed by atoms with Crippen molar-refractivity contribution in [1.82, 2.24) is 9.66 Å². The molecule has 3 aromatic carbocycles. The fourth-order valence-electron chi connectivity index (χ4n) is 2.70. The van der Waals surface area contributed by atoms with E-state index in [1.165, 1.54) is 4.68 Å². The van der Waals surface area contributed by atoms with Gasteiger partial charge in [-0.2, -0.15) is 9.78 Å². The minimum atomic E-state index is -0.189. The van der Waals surface area contributed by atoms with Crippen molar-refractivity contribution in [2.45, 2.75) is 0 Å². The molecule has 1 aromatic heterocycles. The largest absolute Gasteiger partial charge is 0.282 e. The first kappa shape index (κ1) is 18.1. The summed E-state index contributed by atoms with van der Waals surface area (Å²) >= 11 is 5.61. The van der Waals surface area contributed by atoms with Gasteiger partial charge in [0.15, 0.2) is 5.82 Å². The number of fused-ring (bicyclic) bond motifs is 1. The third kappa shape index (κ3) is 3.86. The molecule has 0 aliphatic rings. The number of benzene rings is 3. The topological polar surface area (TPSA) is 47.2 Å². The van der Waals surface area contributed by atoms with E-state index in [0.717, 1.165) is 19.2 Å². The zero-order chi connectivity index (χ0) is 18.8. The predicted molar refractivity (Wildman–Crippen MR) is 121 cm³/mol. The molecule has 0 saturated heterocycles. The molecule has 0 fully saturated rings. The Morgan fingerprint density at radius 3 is 2.48 bits per heavy atom. The van der Waals surface area contributed by atoms with Crippen LogP contribution in [0.1, 0.15) is 5.56 Å². The molecule has 0 N–H and O–H groups in total. The van der Waals surface area contributed by atoms with Crippen molar-refractivity contribution in [3.8, 4) is 11.4 Å². The van der Waals surface area contributed by atoms with E-state index < -0.39 is 0 Å². The van der Waals surface area contributed by atoms with Gasteiger partial charge in [-0.15, -0.1) is 0 Å². The van der Waals surface area contributed by atoms with Crippen LogP contribution >= 0.6 is 38.5 Å². The highest BCUT2D eigenvalue weighted by Crippen LogP contribution is 2.20. The average molecular weight is 530 g/mol. The number of nitrogens with zero attached hydrogens (tertiary/aromatic N) is 3. The number of hydrogen-bond acceptors (Lipinski definition) is 3. The lowest BCUT2D eigenvalue weighted by atomic mass is 10.2. The van der Waals surface area contributed by atoms with Crippen LogP contribution in [0.25, 0.3) is 22.3 Å². The van der Waals surface area contributed by atoms with Crippen LogP contribution in [0.2, 0.25) is 0 Å². The molecular weight excluding hydrogens is 517 g/mol. The summed E-state index contributed by atoms with van der Waals surface area (Å²) in [5.41, 5.74) is 2.20. The van der Waals surface area contributed by atoms with E-state index in [2.05, 4.69) is 43.6 Å². The third-order valence-electron chi connectivity index (χ3n) is 4.03. The van der Waals surface area contributed by atoms with Gasteiger partial charge in [0.1, 0.15) is 0 Å². The van der Waals surface area contributed by atoms with Gasteiger partial charge >= 0.3 is 0 Å². The SMILES string of the molecule is O=c1c2cc(I)ccc2nc(-c2ccccc2)n1/N=C/c1ccc(Br)cc1. The van der Waals surface area contributed by atoms with E-state index in [9.17, 15) is 4.79 Å². The Morgan fingerprint density at radius 2 is 1.74 bits per heavy atom. The monoisotopic (exact) mass is 529 g/mol. The van der Waals surface area contributed by atoms with Crippen LogP contribution in [0.4, 0.5) is 0 Å². The Hall–Kier alpha value is -2.32. The van der Waals surface area contributed by atoms with Gasteiger partial charge < -0.3 is 0 Å². The summed E-state index contributed by atoms with van der Waals surface area (Å²) in [5.74, 6) is 0.516. The lowest BCUT2D eigenvalue weighted by Crippen LogP contribution is -2.20. The number of aromatic nitrogens is 2. The summed E-state index contributed by atoms with van der Waals surface area (Å²) in [4.78, 5) is 17.9. The average Bonchev–Trinajstić information content (AvgIpc) is 2.69. The lowest BCUT2D eigenvalue weighted by molar-refractivity contribution is 0.829. The van der Waals surface area contributed by atoms with Gasteiger partial charge in [0.2, 0.25) is 0 Å². The standard InChI is InChI=1S/C21H13BrIN3O/c22-16-8-6-14(7-9-16)13-24-26-20(15-4-2-1-3-5-15)25-19-11-10-17(23)12-18(19)21(26)27/h1-13H/b24-13+. The summed E-state index contributed by atoms with van der Waals surface area (Å²) in [5, 5.41) is 5.01. The molecule has 0 radical (unpaired) electrons. The molecule has 0 unspecified atom stereocenters. The van der Waals surface area contributed by atoms with Crippen LogP contribution in [-0.2, 0) is 0 Å². The van der Waals surface area contributed by atoms with Gasteiger partial charge in [0.05, 0.1) is 17.1 Å².